The Balaban J connectivity index is 1.72. The number of nitrogens with one attached hydrogen (secondary N) is 2. The van der Waals surface area contributed by atoms with Gasteiger partial charge in [-0.05, 0) is 94.1 Å². The van der Waals surface area contributed by atoms with E-state index >= 15 is 0 Å². The van der Waals surface area contributed by atoms with Crippen molar-refractivity contribution in [2.75, 3.05) is 18.9 Å². The van der Waals surface area contributed by atoms with Crippen molar-refractivity contribution in [3.8, 4) is 6.07 Å². The first-order valence-corrected chi connectivity index (χ1v) is 16.1. The number of likely N-dealkylation sites (N-methyl/N-ethyl adjacent to an activating group) is 1. The van der Waals surface area contributed by atoms with Crippen molar-refractivity contribution in [1.29, 1.82) is 5.26 Å². The highest BCUT2D eigenvalue weighted by Crippen LogP contribution is 2.30. The lowest BCUT2D eigenvalue weighted by Crippen LogP contribution is -2.44. The molecule has 0 radical (unpaired) electrons. The number of fused-ring (bicyclic) bond motifs is 1. The minimum absolute atomic E-state index is 0.0696. The standard InChI is InChI=1S/C35H44ClN7O4/c1-22(34(2,3)4)42(33(46)47)20-23-10-15-29-28(17-23)39-32(40-30(44)24-11-13-26(36)14-12-24)43(29)21-27-9-8-16-41(27)31(45)25(19-37)18-35(5,6)38-7/h10-15,17-18,22,27,38H,8-9,16,20-21H2,1-7H3,(H,46,47)(H,39,40,44). The van der Waals surface area contributed by atoms with Crippen molar-refractivity contribution >= 4 is 46.5 Å². The molecule has 2 aromatic carbocycles. The number of imidazole rings is 1. The van der Waals surface area contributed by atoms with Crippen molar-refractivity contribution in [3.63, 3.8) is 0 Å². The Labute approximate surface area is 281 Å². The molecule has 2 atom stereocenters. The van der Waals surface area contributed by atoms with E-state index in [0.29, 0.717) is 41.6 Å². The predicted molar refractivity (Wildman–Crippen MR) is 183 cm³/mol. The SMILES string of the molecule is CNC(C)(C)C=C(C#N)C(=O)N1CCCC1Cn1c(NC(=O)c2ccc(Cl)cc2)nc2cc(CN(C(=O)O)C(C)C(C)(C)C)ccc21. The number of carbonyl (C=O) groups excluding carboxylic acids is 2. The van der Waals surface area contributed by atoms with Crippen molar-refractivity contribution in [1.82, 2.24) is 24.7 Å². The number of amides is 3. The number of nitrogens with zero attached hydrogens (tertiary/aromatic N) is 5. The Hall–Kier alpha value is -4.40. The molecule has 0 saturated carbocycles. The van der Waals surface area contributed by atoms with Crippen LogP contribution in [0.3, 0.4) is 0 Å². The average molecular weight is 662 g/mol. The van der Waals surface area contributed by atoms with Gasteiger partial charge in [-0.25, -0.2) is 9.78 Å². The van der Waals surface area contributed by atoms with E-state index in [1.807, 2.05) is 64.3 Å². The van der Waals surface area contributed by atoms with Gasteiger partial charge < -0.3 is 24.8 Å². The summed E-state index contributed by atoms with van der Waals surface area (Å²) >= 11 is 6.03. The van der Waals surface area contributed by atoms with Gasteiger partial charge in [-0.3, -0.25) is 14.9 Å². The maximum atomic E-state index is 13.6. The number of hydrogen-bond acceptors (Lipinski definition) is 6. The topological polar surface area (TPSA) is 144 Å². The number of carbonyl (C=O) groups is 3. The summed E-state index contributed by atoms with van der Waals surface area (Å²) in [6, 6.07) is 13.7. The predicted octanol–water partition coefficient (Wildman–Crippen LogP) is 6.30. The number of likely N-dealkylation sites (tertiary alicyclic amines) is 1. The van der Waals surface area contributed by atoms with Gasteiger partial charge in [-0.1, -0.05) is 38.4 Å². The van der Waals surface area contributed by atoms with Crippen LogP contribution >= 0.6 is 11.6 Å². The third-order valence-corrected chi connectivity index (χ3v) is 9.25. The van der Waals surface area contributed by atoms with E-state index in [-0.39, 0.29) is 41.4 Å². The molecule has 0 aliphatic carbocycles. The van der Waals surface area contributed by atoms with Crippen molar-refractivity contribution < 1.29 is 19.5 Å². The maximum absolute atomic E-state index is 13.6. The lowest BCUT2D eigenvalue weighted by Gasteiger charge is -2.36. The van der Waals surface area contributed by atoms with Gasteiger partial charge in [0.15, 0.2) is 0 Å². The van der Waals surface area contributed by atoms with Crippen LogP contribution in [0.5, 0.6) is 0 Å². The largest absolute Gasteiger partial charge is 0.465 e. The number of aromatic nitrogens is 2. The van der Waals surface area contributed by atoms with Gasteiger partial charge in [0.25, 0.3) is 11.8 Å². The van der Waals surface area contributed by atoms with Crippen LogP contribution in [0.4, 0.5) is 10.7 Å². The Kier molecular flexibility index (Phi) is 10.7. The summed E-state index contributed by atoms with van der Waals surface area (Å²) in [5.74, 6) is -0.418. The second kappa shape index (κ2) is 14.2. The zero-order chi connectivity index (χ0) is 34.7. The summed E-state index contributed by atoms with van der Waals surface area (Å²) < 4.78 is 1.88. The molecular weight excluding hydrogens is 618 g/mol. The Morgan fingerprint density at radius 2 is 1.85 bits per heavy atom. The second-order valence-electron chi connectivity index (χ2n) is 13.7. The molecule has 4 rings (SSSR count). The first kappa shape index (κ1) is 35.5. The molecule has 0 spiro atoms. The number of benzene rings is 2. The molecule has 3 aromatic rings. The highest BCUT2D eigenvalue weighted by atomic mass is 35.5. The average Bonchev–Trinajstić information content (AvgIpc) is 3.61. The molecule has 12 heteroatoms. The van der Waals surface area contributed by atoms with E-state index in [2.05, 4.69) is 16.7 Å². The minimum Gasteiger partial charge on any atom is -0.465 e. The quantitative estimate of drug-likeness (QED) is 0.171. The molecule has 1 aliphatic heterocycles. The number of nitriles is 1. The Morgan fingerprint density at radius 1 is 1.17 bits per heavy atom. The van der Waals surface area contributed by atoms with Crippen molar-refractivity contribution in [3.05, 3.63) is 70.3 Å². The molecule has 11 nitrogen and oxygen atoms in total. The molecule has 1 aromatic heterocycles. The third kappa shape index (κ3) is 8.31. The van der Waals surface area contributed by atoms with Crippen molar-refractivity contribution in [2.24, 2.45) is 5.41 Å². The smallest absolute Gasteiger partial charge is 0.407 e. The third-order valence-electron chi connectivity index (χ3n) is 9.00. The van der Waals surface area contributed by atoms with E-state index in [9.17, 15) is 24.8 Å². The van der Waals surface area contributed by atoms with Crippen LogP contribution in [0.25, 0.3) is 11.0 Å². The molecule has 250 valence electrons. The minimum atomic E-state index is -1.01. The van der Waals surface area contributed by atoms with Crippen LogP contribution in [0.2, 0.25) is 5.02 Å². The number of hydrogen-bond donors (Lipinski definition) is 3. The summed E-state index contributed by atoms with van der Waals surface area (Å²) in [5, 5.41) is 26.4. The van der Waals surface area contributed by atoms with E-state index in [1.54, 1.807) is 42.3 Å². The Morgan fingerprint density at radius 3 is 2.45 bits per heavy atom. The van der Waals surface area contributed by atoms with Crippen LogP contribution in [-0.2, 0) is 17.9 Å². The normalized spacial score (nSPS) is 16.2. The zero-order valence-electron chi connectivity index (χ0n) is 28.1. The van der Waals surface area contributed by atoms with Gasteiger partial charge in [-0.15, -0.1) is 0 Å². The second-order valence-corrected chi connectivity index (χ2v) is 14.2. The fourth-order valence-corrected chi connectivity index (χ4v) is 5.72. The maximum Gasteiger partial charge on any atom is 0.407 e. The van der Waals surface area contributed by atoms with Gasteiger partial charge in [0.2, 0.25) is 5.95 Å². The summed E-state index contributed by atoms with van der Waals surface area (Å²) in [6.45, 7) is 12.7. The molecule has 3 amide bonds. The molecule has 1 fully saturated rings. The van der Waals surface area contributed by atoms with Crippen LogP contribution < -0.4 is 10.6 Å². The molecule has 0 bridgehead atoms. The van der Waals surface area contributed by atoms with E-state index < -0.39 is 11.6 Å². The van der Waals surface area contributed by atoms with Crippen molar-refractivity contribution in [2.45, 2.75) is 85.1 Å². The number of anilines is 1. The summed E-state index contributed by atoms with van der Waals surface area (Å²) in [4.78, 5) is 47.1. The molecular formula is C35H44ClN7O4. The van der Waals surface area contributed by atoms with Gasteiger partial charge in [0, 0.05) is 41.8 Å². The van der Waals surface area contributed by atoms with Gasteiger partial charge in [-0.2, -0.15) is 5.26 Å². The van der Waals surface area contributed by atoms with Gasteiger partial charge >= 0.3 is 6.09 Å². The van der Waals surface area contributed by atoms with Crippen LogP contribution in [-0.4, -0.2) is 73.6 Å². The highest BCUT2D eigenvalue weighted by molar-refractivity contribution is 6.30. The van der Waals surface area contributed by atoms with Crippen LogP contribution in [0.15, 0.2) is 54.1 Å². The highest BCUT2D eigenvalue weighted by Gasteiger charge is 2.33. The lowest BCUT2D eigenvalue weighted by atomic mass is 9.87. The molecule has 47 heavy (non-hydrogen) atoms. The summed E-state index contributed by atoms with van der Waals surface area (Å²) in [5.41, 5.74) is 1.70. The Bertz CT molecular complexity index is 1720. The summed E-state index contributed by atoms with van der Waals surface area (Å²) in [7, 11) is 1.77. The molecule has 2 heterocycles. The summed E-state index contributed by atoms with van der Waals surface area (Å²) in [6.07, 6.45) is 2.12. The number of rotatable bonds is 10. The monoisotopic (exact) mass is 661 g/mol. The van der Waals surface area contributed by atoms with E-state index in [1.165, 1.54) is 4.90 Å². The fourth-order valence-electron chi connectivity index (χ4n) is 5.60. The van der Waals surface area contributed by atoms with Crippen LogP contribution in [0.1, 0.15) is 70.3 Å². The number of carboxylic acid groups (broad SMARTS) is 1. The lowest BCUT2D eigenvalue weighted by molar-refractivity contribution is -0.127. The molecule has 2 unspecified atom stereocenters. The molecule has 3 N–H and O–H groups in total. The molecule has 1 saturated heterocycles. The van der Waals surface area contributed by atoms with Gasteiger partial charge in [0.05, 0.1) is 17.1 Å². The van der Waals surface area contributed by atoms with E-state index in [0.717, 1.165) is 17.5 Å². The van der Waals surface area contributed by atoms with E-state index in [4.69, 9.17) is 16.6 Å². The fraction of sp³-hybridized carbons (Fsp3) is 0.457. The van der Waals surface area contributed by atoms with Gasteiger partial charge in [0.1, 0.15) is 11.6 Å². The number of halogens is 1. The van der Waals surface area contributed by atoms with Crippen LogP contribution in [0, 0.1) is 16.7 Å². The molecule has 1 aliphatic rings. The zero-order valence-corrected chi connectivity index (χ0v) is 28.9. The first-order valence-electron chi connectivity index (χ1n) is 15.7. The first-order chi connectivity index (χ1) is 22.0.